The van der Waals surface area contributed by atoms with E-state index in [4.69, 9.17) is 69.6 Å². The van der Waals surface area contributed by atoms with Crippen LogP contribution in [0.3, 0.4) is 0 Å². The molecule has 0 nitrogen and oxygen atoms in total. The Morgan fingerprint density at radius 2 is 0.742 bits per heavy atom. The molecule has 0 bridgehead atoms. The van der Waals surface area contributed by atoms with Crippen LogP contribution < -0.4 is 51.5 Å². The van der Waals surface area contributed by atoms with E-state index in [9.17, 15) is 8.96 Å². The Morgan fingerprint density at radius 3 is 1.16 bits per heavy atom. The molecule has 1 atom stereocenters. The normalized spacial score (nSPS) is 15.8. The number of rotatable bonds is 6. The van der Waals surface area contributed by atoms with Gasteiger partial charge in [-0.05, 0) is 0 Å². The van der Waals surface area contributed by atoms with Crippen molar-refractivity contribution in [2.24, 2.45) is 0 Å². The predicted molar refractivity (Wildman–Crippen MR) is 281 cm³/mol. The van der Waals surface area contributed by atoms with Crippen molar-refractivity contribution < 1.29 is 12.4 Å². The summed E-state index contributed by atoms with van der Waals surface area (Å²) in [6.45, 7) is 0. The first-order valence-electron chi connectivity index (χ1n) is 19.9. The van der Waals surface area contributed by atoms with Gasteiger partial charge in [-0.3, -0.25) is 0 Å². The molecule has 0 N–H and O–H groups in total. The summed E-state index contributed by atoms with van der Waals surface area (Å²) in [5, 5.41) is 15.1. The van der Waals surface area contributed by atoms with Crippen LogP contribution in [0.2, 0.25) is 0 Å². The maximum atomic E-state index is 9.27. The summed E-state index contributed by atoms with van der Waals surface area (Å²) < 4.78 is 2.92. The minimum atomic E-state index is -4.09. The zero-order valence-corrected chi connectivity index (χ0v) is 43.6. The fourth-order valence-electron chi connectivity index (χ4n) is 9.58. The van der Waals surface area contributed by atoms with Crippen LogP contribution in [0.25, 0.3) is 21.5 Å². The molecule has 1 heterocycles. The molecule has 1 aliphatic heterocycles. The van der Waals surface area contributed by atoms with Gasteiger partial charge in [0.15, 0.2) is 0 Å². The van der Waals surface area contributed by atoms with E-state index in [2.05, 4.69) is 170 Å². The van der Waals surface area contributed by atoms with E-state index in [1.54, 1.807) is 0 Å². The summed E-state index contributed by atoms with van der Waals surface area (Å²) in [5.74, 6) is 0. The summed E-state index contributed by atoms with van der Waals surface area (Å²) in [6, 6.07) is 65.5. The van der Waals surface area contributed by atoms with E-state index in [-0.39, 0.29) is 28.4 Å². The van der Waals surface area contributed by atoms with Gasteiger partial charge in [0.1, 0.15) is 0 Å². The Morgan fingerprint density at radius 1 is 0.403 bits per heavy atom. The molecule has 0 spiro atoms. The number of hydrogen-bond acceptors (Lipinski definition) is 0. The third-order valence-electron chi connectivity index (χ3n) is 11.7. The molecule has 318 valence electrons. The van der Waals surface area contributed by atoms with Crippen LogP contribution >= 0.6 is 91.4 Å². The van der Waals surface area contributed by atoms with E-state index in [0.717, 1.165) is 25.7 Å². The van der Waals surface area contributed by atoms with Gasteiger partial charge in [0.2, 0.25) is 0 Å². The molecule has 2 aliphatic carbocycles. The largest absolute Gasteiger partial charge is 1.00 e. The summed E-state index contributed by atoms with van der Waals surface area (Å²) in [6.07, 6.45) is 4.41. The van der Waals surface area contributed by atoms with Crippen molar-refractivity contribution in [2.75, 3.05) is 16.0 Å². The molecule has 8 aromatic carbocycles. The Kier molecular flexibility index (Phi) is 16.9. The number of halogens is 8. The van der Waals surface area contributed by atoms with E-state index in [1.165, 1.54) is 82.8 Å². The SMILES string of the molecule is ClCCl.ClCCl.ClCCl.Cl[Te@]1(c2ccc3c4c(ccc(P(c5ccccc5)c5ccccc5)c24)CC3)c2ccc3c4c(ccc(c24)[P+]1(c1ccccc1)c1ccccc1)CC3.[Cl-]. The van der Waals surface area contributed by atoms with E-state index in [1.807, 2.05) is 0 Å². The van der Waals surface area contributed by atoms with Crippen LogP contribution in [0, 0.1) is 0 Å². The van der Waals surface area contributed by atoms with E-state index < -0.39 is 29.4 Å². The standard InChI is InChI=1S/C48H36ClP2Te.3CH2Cl2.ClH/c49-52(43-31-27-35-23-21-33-25-29-41(47(43)45(33)35)50(37-13-5-1-6-14-37)38-15-7-2-8-16-38)44-32-28-36-24-22-34-26-30-42(48(44)46(34)36)51(52,39-17-9-3-10-18-39)40-19-11-4-12-20-40;3*2-1-3;/h1-20,25-32H,21-24H2;3*1H2;1H/q+1;;;;/p-1. The van der Waals surface area contributed by atoms with Crippen molar-refractivity contribution >= 4 is 169 Å². The molecule has 3 aliphatic rings. The van der Waals surface area contributed by atoms with E-state index in [0.29, 0.717) is 0 Å². The number of aryl methyl sites for hydroxylation is 4. The third kappa shape index (κ3) is 8.35. The smallest absolute Gasteiger partial charge is 1.00 e. The molecule has 11 rings (SSSR count). The minimum absolute atomic E-state index is 0. The average molecular weight is 1130 g/mol. The van der Waals surface area contributed by atoms with E-state index >= 15 is 0 Å². The molecule has 0 aromatic heterocycles. The molecule has 8 aromatic rings. The Balaban J connectivity index is 0.000000536. The summed E-state index contributed by atoms with van der Waals surface area (Å²) in [4.78, 5) is -2.41. The quantitative estimate of drug-likeness (QED) is 0.0886. The second kappa shape index (κ2) is 21.7. The molecule has 0 radical (unpaired) electrons. The molecule has 62 heavy (non-hydrogen) atoms. The van der Waals surface area contributed by atoms with Gasteiger partial charge in [-0.2, -0.15) is 0 Å². The second-order valence-electron chi connectivity index (χ2n) is 14.5. The van der Waals surface area contributed by atoms with Gasteiger partial charge in [0.05, 0.1) is 16.0 Å². The second-order valence-corrected chi connectivity index (χ2v) is 40.2. The van der Waals surface area contributed by atoms with Crippen LogP contribution in [0.4, 0.5) is 0 Å². The van der Waals surface area contributed by atoms with Crippen molar-refractivity contribution in [3.8, 4) is 0 Å². The van der Waals surface area contributed by atoms with Crippen molar-refractivity contribution in [3.63, 3.8) is 0 Å². The molecule has 0 fully saturated rings. The Bertz CT molecular complexity index is 2670. The Labute approximate surface area is 410 Å². The predicted octanol–water partition coefficient (Wildman–Crippen LogP) is 9.32. The van der Waals surface area contributed by atoms with Crippen LogP contribution in [0.5, 0.6) is 0 Å². The van der Waals surface area contributed by atoms with Crippen LogP contribution in [-0.4, -0.2) is 32.5 Å². The van der Waals surface area contributed by atoms with Gasteiger partial charge in [-0.15, -0.1) is 69.6 Å². The molecule has 0 saturated carbocycles. The summed E-state index contributed by atoms with van der Waals surface area (Å²) in [7, 11) is 8.41. The van der Waals surface area contributed by atoms with Crippen LogP contribution in [-0.2, 0) is 25.7 Å². The molecule has 0 amide bonds. The Hall–Kier alpha value is -1.75. The topological polar surface area (TPSA) is 0 Å². The third-order valence-corrected chi connectivity index (χ3v) is 44.1. The van der Waals surface area contributed by atoms with Crippen molar-refractivity contribution in [3.05, 3.63) is 192 Å². The first-order chi connectivity index (χ1) is 29.9. The number of alkyl halides is 6. The molecular weight excluding hydrogens is 1090 g/mol. The molecule has 0 saturated heterocycles. The van der Waals surface area contributed by atoms with Crippen molar-refractivity contribution in [1.82, 2.24) is 0 Å². The van der Waals surface area contributed by atoms with Gasteiger partial charge in [-0.1, -0.05) is 0 Å². The fourth-order valence-corrected chi connectivity index (χ4v) is 45.9. The summed E-state index contributed by atoms with van der Waals surface area (Å²) >= 11 is 24.5. The fraction of sp³-hybridized carbons (Fsp3) is 0.137. The minimum Gasteiger partial charge on any atom is -1.00 e. The van der Waals surface area contributed by atoms with Crippen LogP contribution in [0.1, 0.15) is 22.3 Å². The number of hydrogen-bond donors (Lipinski definition) is 0. The maximum absolute atomic E-state index is 9.27. The zero-order valence-electron chi connectivity index (χ0n) is 33.4. The molecule has 11 heteroatoms. The summed E-state index contributed by atoms with van der Waals surface area (Å²) in [5.41, 5.74) is 5.95. The molecule has 0 unspecified atom stereocenters. The maximum Gasteiger partial charge on any atom is -1.00 e. The first-order valence-corrected chi connectivity index (χ1v) is 34.6. The van der Waals surface area contributed by atoms with Crippen LogP contribution in [0.15, 0.2) is 170 Å². The van der Waals surface area contributed by atoms with Gasteiger partial charge < -0.3 is 12.4 Å². The monoisotopic (exact) mass is 1130 g/mol. The van der Waals surface area contributed by atoms with Gasteiger partial charge in [0, 0.05) is 0 Å². The number of benzene rings is 8. The average Bonchev–Trinajstić information content (AvgIpc) is 3.99. The van der Waals surface area contributed by atoms with Gasteiger partial charge in [-0.25, -0.2) is 0 Å². The van der Waals surface area contributed by atoms with Gasteiger partial charge >= 0.3 is 317 Å². The van der Waals surface area contributed by atoms with Crippen molar-refractivity contribution in [1.29, 1.82) is 0 Å². The molecular formula is C51H42Cl8P2Te. The van der Waals surface area contributed by atoms with Crippen molar-refractivity contribution in [2.45, 2.75) is 25.7 Å². The zero-order chi connectivity index (χ0) is 42.6. The first kappa shape index (κ1) is 48.2. The van der Waals surface area contributed by atoms with Gasteiger partial charge in [0.25, 0.3) is 0 Å².